The number of rotatable bonds is 17. The van der Waals surface area contributed by atoms with E-state index in [1.54, 1.807) is 24.3 Å². The van der Waals surface area contributed by atoms with Gasteiger partial charge in [-0.2, -0.15) is 5.26 Å². The quantitative estimate of drug-likeness (QED) is 0.224. The largest absolute Gasteiger partial charge is 0.484 e. The number of nitrogens with one attached hydrogen (secondary N) is 2. The maximum Gasteiger partial charge on any atom is 0.258 e. The fourth-order valence-corrected chi connectivity index (χ4v) is 4.06. The number of amides is 3. The van der Waals surface area contributed by atoms with Crippen molar-refractivity contribution in [1.82, 2.24) is 20.5 Å². The Morgan fingerprint density at radius 1 is 1.05 bits per heavy atom. The summed E-state index contributed by atoms with van der Waals surface area (Å²) in [5, 5.41) is 15.1. The first-order valence-electron chi connectivity index (χ1n) is 13.2. The van der Waals surface area contributed by atoms with E-state index in [1.807, 2.05) is 0 Å². The maximum atomic E-state index is 12.8. The topological polar surface area (TPSA) is 178 Å². The van der Waals surface area contributed by atoms with E-state index in [9.17, 15) is 19.6 Å². The number of carbonyl (C=O) groups excluding carboxylic acids is 3. The molecule has 1 aromatic heterocycles. The molecule has 1 atom stereocenters. The van der Waals surface area contributed by atoms with Crippen molar-refractivity contribution in [3.63, 3.8) is 0 Å². The van der Waals surface area contributed by atoms with Gasteiger partial charge in [0.2, 0.25) is 5.91 Å². The molecule has 0 radical (unpaired) electrons. The summed E-state index contributed by atoms with van der Waals surface area (Å²) in [5.41, 5.74) is 6.18. The van der Waals surface area contributed by atoms with E-state index in [2.05, 4.69) is 21.7 Å². The Labute approximate surface area is 232 Å². The molecular weight excluding hydrogens is 520 g/mol. The van der Waals surface area contributed by atoms with E-state index in [0.29, 0.717) is 87.9 Å². The minimum Gasteiger partial charge on any atom is -0.484 e. The van der Waals surface area contributed by atoms with E-state index < -0.39 is 11.9 Å². The molecule has 1 aromatic carbocycles. The minimum atomic E-state index is -0.442. The normalized spacial score (nSPS) is 14.6. The average Bonchev–Trinajstić information content (AvgIpc) is 3.46. The first kappa shape index (κ1) is 30.7. The van der Waals surface area contributed by atoms with Crippen LogP contribution in [0.25, 0.3) is 10.9 Å². The highest BCUT2D eigenvalue weighted by molar-refractivity contribution is 6.07. The Morgan fingerprint density at radius 3 is 2.55 bits per heavy atom. The molecule has 3 amide bonds. The lowest BCUT2D eigenvalue weighted by Gasteiger charge is -2.19. The van der Waals surface area contributed by atoms with Gasteiger partial charge in [0.15, 0.2) is 6.61 Å². The number of nitrogens with two attached hydrogens (primary N) is 1. The molecule has 1 saturated heterocycles. The molecule has 13 nitrogen and oxygen atoms in total. The van der Waals surface area contributed by atoms with Crippen LogP contribution in [0, 0.1) is 11.3 Å². The molecule has 216 valence electrons. The molecule has 0 bridgehead atoms. The van der Waals surface area contributed by atoms with Crippen LogP contribution in [0.2, 0.25) is 0 Å². The zero-order valence-corrected chi connectivity index (χ0v) is 22.4. The monoisotopic (exact) mass is 556 g/mol. The zero-order valence-electron chi connectivity index (χ0n) is 22.4. The molecule has 3 rings (SSSR count). The first-order chi connectivity index (χ1) is 19.5. The molecule has 0 unspecified atom stereocenters. The van der Waals surface area contributed by atoms with Crippen LogP contribution in [-0.2, 0) is 23.8 Å². The Balaban J connectivity index is 1.37. The summed E-state index contributed by atoms with van der Waals surface area (Å²) < 4.78 is 21.5. The van der Waals surface area contributed by atoms with E-state index in [1.165, 1.54) is 11.1 Å². The second kappa shape index (κ2) is 17.0. The lowest BCUT2D eigenvalue weighted by molar-refractivity contribution is -0.130. The fraction of sp³-hybridized carbons (Fsp3) is 0.519. The second-order valence-electron chi connectivity index (χ2n) is 8.86. The Hall–Kier alpha value is -3.83. The molecular formula is C27H36N6O7. The molecule has 1 aliphatic rings. The smallest absolute Gasteiger partial charge is 0.258 e. The number of nitrogens with zero attached hydrogens (tertiary/aromatic N) is 3. The van der Waals surface area contributed by atoms with Crippen LogP contribution >= 0.6 is 0 Å². The number of hydrogen-bond donors (Lipinski definition) is 3. The number of aromatic nitrogens is 1. The summed E-state index contributed by atoms with van der Waals surface area (Å²) in [6, 6.07) is 8.20. The second-order valence-corrected chi connectivity index (χ2v) is 8.86. The first-order valence-corrected chi connectivity index (χ1v) is 13.2. The molecule has 40 heavy (non-hydrogen) atoms. The highest BCUT2D eigenvalue weighted by Gasteiger charge is 2.28. The fourth-order valence-electron chi connectivity index (χ4n) is 4.06. The van der Waals surface area contributed by atoms with Gasteiger partial charge >= 0.3 is 0 Å². The van der Waals surface area contributed by atoms with Crippen LogP contribution in [0.15, 0.2) is 30.5 Å². The molecule has 2 heterocycles. The molecule has 0 spiro atoms. The van der Waals surface area contributed by atoms with Crippen LogP contribution in [0.1, 0.15) is 23.2 Å². The molecule has 1 fully saturated rings. The molecule has 13 heteroatoms. The Kier molecular flexibility index (Phi) is 13.0. The third kappa shape index (κ3) is 9.73. The third-order valence-electron chi connectivity index (χ3n) is 6.03. The Bertz CT molecular complexity index is 1170. The molecule has 0 aliphatic carbocycles. The van der Waals surface area contributed by atoms with E-state index in [0.717, 1.165) is 6.42 Å². The summed E-state index contributed by atoms with van der Waals surface area (Å²) in [7, 11) is 0. The predicted octanol–water partition coefficient (Wildman–Crippen LogP) is -0.0173. The summed E-state index contributed by atoms with van der Waals surface area (Å²) in [4.78, 5) is 43.1. The summed E-state index contributed by atoms with van der Waals surface area (Å²) >= 11 is 0. The number of hydrogen-bond acceptors (Lipinski definition) is 10. The number of likely N-dealkylation sites (tertiary alicyclic amines) is 1. The van der Waals surface area contributed by atoms with Crippen molar-refractivity contribution < 1.29 is 33.3 Å². The van der Waals surface area contributed by atoms with Crippen LogP contribution in [0.4, 0.5) is 0 Å². The lowest BCUT2D eigenvalue weighted by Crippen LogP contribution is -2.42. The summed E-state index contributed by atoms with van der Waals surface area (Å²) in [6.07, 6.45) is 2.91. The van der Waals surface area contributed by atoms with Gasteiger partial charge < -0.3 is 40.2 Å². The van der Waals surface area contributed by atoms with Gasteiger partial charge in [-0.1, -0.05) is 0 Å². The molecule has 2 aromatic rings. The summed E-state index contributed by atoms with van der Waals surface area (Å²) in [5.74, 6) is -0.597. The Morgan fingerprint density at radius 2 is 1.80 bits per heavy atom. The van der Waals surface area contributed by atoms with Crippen LogP contribution in [0.5, 0.6) is 5.75 Å². The minimum absolute atomic E-state index is 0.193. The van der Waals surface area contributed by atoms with Gasteiger partial charge in [0.25, 0.3) is 11.8 Å². The van der Waals surface area contributed by atoms with Gasteiger partial charge in [-0.15, -0.1) is 0 Å². The molecule has 1 aliphatic heterocycles. The standard InChI is InChI=1S/C27H36N6O7/c28-6-10-37-12-14-39-15-13-38-11-8-31-25(34)19-40-21-3-4-22-23(5-7-30-24(22)16-21)27(36)32-18-26(35)33-9-1-2-20(33)17-29/h3-5,7,16,20H,1-2,6,8-15,18-19,28H2,(H,31,34)(H,32,36)/t20-/m0/s1. The van der Waals surface area contributed by atoms with Gasteiger partial charge in [0, 0.05) is 37.3 Å². The van der Waals surface area contributed by atoms with Crippen LogP contribution < -0.4 is 21.1 Å². The van der Waals surface area contributed by atoms with Crippen LogP contribution in [-0.4, -0.2) is 106 Å². The highest BCUT2D eigenvalue weighted by atomic mass is 16.5. The van der Waals surface area contributed by atoms with Crippen molar-refractivity contribution in [2.45, 2.75) is 18.9 Å². The van der Waals surface area contributed by atoms with Gasteiger partial charge in [0.05, 0.1) is 63.3 Å². The van der Waals surface area contributed by atoms with Crippen molar-refractivity contribution in [2.24, 2.45) is 5.73 Å². The van der Waals surface area contributed by atoms with Gasteiger partial charge in [-0.3, -0.25) is 19.4 Å². The van der Waals surface area contributed by atoms with Gasteiger partial charge in [0.1, 0.15) is 11.8 Å². The number of benzene rings is 1. The number of ether oxygens (including phenoxy) is 4. The number of nitriles is 1. The zero-order chi connectivity index (χ0) is 28.6. The van der Waals surface area contributed by atoms with Crippen LogP contribution in [0.3, 0.4) is 0 Å². The predicted molar refractivity (Wildman–Crippen MR) is 144 cm³/mol. The van der Waals surface area contributed by atoms with E-state index in [-0.39, 0.29) is 25.0 Å². The number of carbonyl (C=O) groups is 3. The van der Waals surface area contributed by atoms with Crippen molar-refractivity contribution in [2.75, 3.05) is 72.4 Å². The third-order valence-corrected chi connectivity index (χ3v) is 6.03. The van der Waals surface area contributed by atoms with Crippen molar-refractivity contribution in [1.29, 1.82) is 5.26 Å². The van der Waals surface area contributed by atoms with Crippen molar-refractivity contribution in [3.05, 3.63) is 36.0 Å². The molecule has 0 saturated carbocycles. The molecule has 4 N–H and O–H groups in total. The number of pyridine rings is 1. The van der Waals surface area contributed by atoms with E-state index in [4.69, 9.17) is 24.7 Å². The summed E-state index contributed by atoms with van der Waals surface area (Å²) in [6.45, 7) is 3.59. The average molecular weight is 557 g/mol. The highest BCUT2D eigenvalue weighted by Crippen LogP contribution is 2.22. The van der Waals surface area contributed by atoms with E-state index >= 15 is 0 Å². The van der Waals surface area contributed by atoms with Crippen molar-refractivity contribution in [3.8, 4) is 11.8 Å². The lowest BCUT2D eigenvalue weighted by atomic mass is 10.1. The number of fused-ring (bicyclic) bond motifs is 1. The van der Waals surface area contributed by atoms with Gasteiger partial charge in [-0.05, 0) is 31.0 Å². The van der Waals surface area contributed by atoms with Gasteiger partial charge in [-0.25, -0.2) is 0 Å². The van der Waals surface area contributed by atoms with Crippen molar-refractivity contribution >= 4 is 28.6 Å². The maximum absolute atomic E-state index is 12.8. The SMILES string of the molecule is N#C[C@@H]1CCCN1C(=O)CNC(=O)c1ccnc2cc(OCC(=O)NCCOCCOCCOCCN)ccc12.